The molecule has 5 nitrogen and oxygen atoms in total. The Hall–Kier alpha value is -1.82. The number of rotatable bonds is 3. The Morgan fingerprint density at radius 3 is 2.81 bits per heavy atom. The van der Waals surface area contributed by atoms with Crippen molar-refractivity contribution in [2.45, 2.75) is 51.1 Å². The van der Waals surface area contributed by atoms with E-state index in [4.69, 9.17) is 16.3 Å². The molecule has 142 valence electrons. The minimum absolute atomic E-state index is 0.00167. The van der Waals surface area contributed by atoms with Gasteiger partial charge in [0.2, 0.25) is 5.91 Å². The molecule has 1 aromatic rings. The number of likely N-dealkylation sites (tertiary alicyclic amines) is 2. The minimum atomic E-state index is -0.524. The molecule has 2 heterocycles. The van der Waals surface area contributed by atoms with Crippen LogP contribution < -0.4 is 4.74 Å². The lowest BCUT2D eigenvalue weighted by atomic mass is 9.76. The first-order valence-corrected chi connectivity index (χ1v) is 9.36. The molecule has 0 saturated carbocycles. The third-order valence-corrected chi connectivity index (χ3v) is 5.90. The summed E-state index contributed by atoms with van der Waals surface area (Å²) in [4.78, 5) is 28.6. The van der Waals surface area contributed by atoms with E-state index >= 15 is 0 Å². The number of carbonyl (C=O) groups excluding carboxylic acids is 2. The zero-order chi connectivity index (χ0) is 18.9. The number of piperidine rings is 2. The van der Waals surface area contributed by atoms with Gasteiger partial charge >= 0.3 is 0 Å². The standard InChI is InChI=1S/C19H24ClFN2O3/c1-13(24)23-10-3-5-17-19(23,2)8-4-9-22(17)18(25)12-26-14-6-7-16(21)15(20)11-14/h6-7,11,17H,3-5,8-10,12H2,1-2H3/t17-,19-/m0/s1. The van der Waals surface area contributed by atoms with Crippen LogP contribution in [-0.4, -0.2) is 52.9 Å². The summed E-state index contributed by atoms with van der Waals surface area (Å²) in [5, 5.41) is -0.0372. The maximum atomic E-state index is 13.2. The summed E-state index contributed by atoms with van der Waals surface area (Å²) in [7, 11) is 0. The van der Waals surface area contributed by atoms with E-state index in [1.807, 2.05) is 9.80 Å². The third-order valence-electron chi connectivity index (χ3n) is 5.61. The Morgan fingerprint density at radius 2 is 2.12 bits per heavy atom. The molecular weight excluding hydrogens is 359 g/mol. The maximum Gasteiger partial charge on any atom is 0.260 e. The van der Waals surface area contributed by atoms with Crippen LogP contribution in [0.4, 0.5) is 4.39 Å². The molecule has 2 saturated heterocycles. The van der Waals surface area contributed by atoms with E-state index in [2.05, 4.69) is 6.92 Å². The summed E-state index contributed by atoms with van der Waals surface area (Å²) in [6, 6.07) is 4.03. The van der Waals surface area contributed by atoms with Crippen molar-refractivity contribution in [2.24, 2.45) is 0 Å². The van der Waals surface area contributed by atoms with Crippen LogP contribution >= 0.6 is 11.6 Å². The first-order chi connectivity index (χ1) is 12.3. The zero-order valence-electron chi connectivity index (χ0n) is 15.1. The Balaban J connectivity index is 1.70. The predicted octanol–water partition coefficient (Wildman–Crippen LogP) is 3.25. The topological polar surface area (TPSA) is 49.9 Å². The van der Waals surface area contributed by atoms with Gasteiger partial charge in [0.1, 0.15) is 11.6 Å². The minimum Gasteiger partial charge on any atom is -0.484 e. The average molecular weight is 383 g/mol. The van der Waals surface area contributed by atoms with Gasteiger partial charge in [-0.15, -0.1) is 0 Å². The monoisotopic (exact) mass is 382 g/mol. The van der Waals surface area contributed by atoms with Crippen LogP contribution in [0.15, 0.2) is 18.2 Å². The van der Waals surface area contributed by atoms with Crippen LogP contribution in [0.3, 0.4) is 0 Å². The van der Waals surface area contributed by atoms with Crippen LogP contribution in [0.25, 0.3) is 0 Å². The highest BCUT2D eigenvalue weighted by atomic mass is 35.5. The van der Waals surface area contributed by atoms with Gasteiger partial charge in [-0.05, 0) is 44.7 Å². The van der Waals surface area contributed by atoms with Gasteiger partial charge in [-0.25, -0.2) is 4.39 Å². The molecule has 7 heteroatoms. The number of carbonyl (C=O) groups is 2. The highest BCUT2D eigenvalue weighted by Gasteiger charge is 2.49. The quantitative estimate of drug-likeness (QED) is 0.806. The van der Waals surface area contributed by atoms with E-state index in [-0.39, 0.29) is 35.0 Å². The highest BCUT2D eigenvalue weighted by Crippen LogP contribution is 2.39. The molecule has 0 N–H and O–H groups in total. The largest absolute Gasteiger partial charge is 0.484 e. The van der Waals surface area contributed by atoms with Gasteiger partial charge in [0, 0.05) is 26.1 Å². The van der Waals surface area contributed by atoms with Crippen molar-refractivity contribution in [2.75, 3.05) is 19.7 Å². The molecule has 2 aliphatic heterocycles. The highest BCUT2D eigenvalue weighted by molar-refractivity contribution is 6.30. The lowest BCUT2D eigenvalue weighted by Crippen LogP contribution is -2.68. The summed E-state index contributed by atoms with van der Waals surface area (Å²) >= 11 is 5.75. The van der Waals surface area contributed by atoms with E-state index in [1.54, 1.807) is 6.92 Å². The number of nitrogens with zero attached hydrogens (tertiary/aromatic N) is 2. The van der Waals surface area contributed by atoms with Gasteiger partial charge in [-0.3, -0.25) is 9.59 Å². The van der Waals surface area contributed by atoms with Gasteiger partial charge in [0.25, 0.3) is 5.91 Å². The second-order valence-corrected chi connectivity index (χ2v) is 7.65. The molecule has 0 spiro atoms. The third kappa shape index (κ3) is 3.52. The lowest BCUT2D eigenvalue weighted by Gasteiger charge is -2.56. The van der Waals surface area contributed by atoms with E-state index in [1.165, 1.54) is 18.2 Å². The number of fused-ring (bicyclic) bond motifs is 1. The number of amides is 2. The van der Waals surface area contributed by atoms with Gasteiger partial charge in [-0.2, -0.15) is 0 Å². The van der Waals surface area contributed by atoms with Crippen LogP contribution in [-0.2, 0) is 9.59 Å². The fourth-order valence-electron chi connectivity index (χ4n) is 4.36. The summed E-state index contributed by atoms with van der Waals surface area (Å²) in [5.74, 6) is -0.224. The summed E-state index contributed by atoms with van der Waals surface area (Å²) in [6.45, 7) is 4.95. The van der Waals surface area contributed by atoms with E-state index < -0.39 is 5.82 Å². The number of hydrogen-bond acceptors (Lipinski definition) is 3. The smallest absolute Gasteiger partial charge is 0.260 e. The Kier molecular flexibility index (Phi) is 5.42. The second kappa shape index (κ2) is 7.43. The molecule has 0 aliphatic carbocycles. The van der Waals surface area contributed by atoms with E-state index in [9.17, 15) is 14.0 Å². The number of halogens is 2. The fourth-order valence-corrected chi connectivity index (χ4v) is 4.53. The van der Waals surface area contributed by atoms with Crippen LogP contribution in [0.1, 0.15) is 39.5 Å². The van der Waals surface area contributed by atoms with Crippen LogP contribution in [0.5, 0.6) is 5.75 Å². The van der Waals surface area contributed by atoms with Crippen molar-refractivity contribution < 1.29 is 18.7 Å². The Morgan fingerprint density at radius 1 is 1.35 bits per heavy atom. The number of ether oxygens (including phenoxy) is 1. The predicted molar refractivity (Wildman–Crippen MR) is 96.7 cm³/mol. The molecule has 3 rings (SSSR count). The normalized spacial score (nSPS) is 25.6. The summed E-state index contributed by atoms with van der Waals surface area (Å²) in [5.41, 5.74) is -0.322. The van der Waals surface area contributed by atoms with Crippen LogP contribution in [0, 0.1) is 5.82 Å². The molecule has 0 unspecified atom stereocenters. The fraction of sp³-hybridized carbons (Fsp3) is 0.579. The molecule has 0 bridgehead atoms. The first kappa shape index (κ1) is 19.0. The number of hydrogen-bond donors (Lipinski definition) is 0. The lowest BCUT2D eigenvalue weighted by molar-refractivity contribution is -0.155. The van der Waals surface area contributed by atoms with Crippen molar-refractivity contribution in [3.63, 3.8) is 0 Å². The van der Waals surface area contributed by atoms with Crippen molar-refractivity contribution >= 4 is 23.4 Å². The Labute approximate surface area is 158 Å². The van der Waals surface area contributed by atoms with Gasteiger partial charge in [0.15, 0.2) is 6.61 Å². The molecule has 1 aromatic carbocycles. The molecule has 0 aromatic heterocycles. The van der Waals surface area contributed by atoms with Crippen molar-refractivity contribution in [3.05, 3.63) is 29.0 Å². The van der Waals surface area contributed by atoms with Gasteiger partial charge < -0.3 is 14.5 Å². The zero-order valence-corrected chi connectivity index (χ0v) is 15.9. The second-order valence-electron chi connectivity index (χ2n) is 7.24. The van der Waals surface area contributed by atoms with E-state index in [0.717, 1.165) is 32.2 Å². The molecule has 2 aliphatic rings. The molecule has 2 amide bonds. The van der Waals surface area contributed by atoms with Crippen molar-refractivity contribution in [1.82, 2.24) is 9.80 Å². The molecule has 0 radical (unpaired) electrons. The Bertz CT molecular complexity index is 714. The molecule has 2 atom stereocenters. The van der Waals surface area contributed by atoms with E-state index in [0.29, 0.717) is 12.3 Å². The summed E-state index contributed by atoms with van der Waals surface area (Å²) < 4.78 is 18.7. The summed E-state index contributed by atoms with van der Waals surface area (Å²) in [6.07, 6.45) is 3.52. The molecule has 26 heavy (non-hydrogen) atoms. The molecule has 2 fully saturated rings. The average Bonchev–Trinajstić information content (AvgIpc) is 2.60. The van der Waals surface area contributed by atoms with Gasteiger partial charge in [-0.1, -0.05) is 11.6 Å². The van der Waals surface area contributed by atoms with Crippen LogP contribution in [0.2, 0.25) is 5.02 Å². The van der Waals surface area contributed by atoms with Crippen molar-refractivity contribution in [1.29, 1.82) is 0 Å². The van der Waals surface area contributed by atoms with Gasteiger partial charge in [0.05, 0.1) is 16.6 Å². The SMILES string of the molecule is CC(=O)N1CCC[C@@H]2N(C(=O)COc3ccc(F)c(Cl)c3)CCC[C@@]21C. The molecular formula is C19H24ClFN2O3. The first-order valence-electron chi connectivity index (χ1n) is 8.98. The van der Waals surface area contributed by atoms with Crippen molar-refractivity contribution in [3.8, 4) is 5.75 Å². The maximum absolute atomic E-state index is 13.2. The number of benzene rings is 1.